The third kappa shape index (κ3) is 3.72. The van der Waals surface area contributed by atoms with Gasteiger partial charge in [0.25, 0.3) is 5.91 Å². The van der Waals surface area contributed by atoms with Gasteiger partial charge in [0, 0.05) is 12.2 Å². The highest BCUT2D eigenvalue weighted by atomic mass is 16.2. The number of anilines is 1. The number of carbonyl (C=O) groups excluding carboxylic acids is 2. The molecule has 1 aromatic rings. The average molecular weight is 279 g/mol. The Morgan fingerprint density at radius 3 is 2.50 bits per heavy atom. The quantitative estimate of drug-likeness (QED) is 0.692. The minimum absolute atomic E-state index is 0.00673. The number of hydrogen-bond donors (Lipinski definition) is 3. The van der Waals surface area contributed by atoms with Gasteiger partial charge < -0.3 is 16.8 Å². The summed E-state index contributed by atoms with van der Waals surface area (Å²) >= 11 is 0. The molecular weight excluding hydrogens is 258 g/mol. The monoisotopic (exact) mass is 279 g/mol. The standard InChI is InChI=1S/C13H21N5O2/c14-10-7-18(17-12(10)13(15)20)8-11(19)16-9-5-3-1-2-4-6-9/h7,9H,1-6,8,14H2,(H2,15,20)(H,16,19). The van der Waals surface area contributed by atoms with Crippen LogP contribution in [-0.2, 0) is 11.3 Å². The fourth-order valence-corrected chi connectivity index (χ4v) is 2.55. The van der Waals surface area contributed by atoms with Crippen LogP contribution in [0.1, 0.15) is 49.0 Å². The maximum absolute atomic E-state index is 12.0. The molecule has 2 amide bonds. The first kappa shape index (κ1) is 14.4. The van der Waals surface area contributed by atoms with Crippen molar-refractivity contribution in [3.63, 3.8) is 0 Å². The second-order valence-corrected chi connectivity index (χ2v) is 5.25. The van der Waals surface area contributed by atoms with E-state index in [0.717, 1.165) is 25.7 Å². The highest BCUT2D eigenvalue weighted by Crippen LogP contribution is 2.17. The average Bonchev–Trinajstić information content (AvgIpc) is 2.59. The molecule has 1 aliphatic rings. The van der Waals surface area contributed by atoms with Crippen molar-refractivity contribution < 1.29 is 9.59 Å². The molecule has 0 atom stereocenters. The van der Waals surface area contributed by atoms with E-state index in [2.05, 4.69) is 10.4 Å². The van der Waals surface area contributed by atoms with E-state index in [-0.39, 0.29) is 29.9 Å². The summed E-state index contributed by atoms with van der Waals surface area (Å²) in [5, 5.41) is 6.93. The lowest BCUT2D eigenvalue weighted by molar-refractivity contribution is -0.122. The van der Waals surface area contributed by atoms with E-state index < -0.39 is 5.91 Å². The van der Waals surface area contributed by atoms with Gasteiger partial charge in [-0.1, -0.05) is 25.7 Å². The first-order valence-electron chi connectivity index (χ1n) is 6.98. The summed E-state index contributed by atoms with van der Waals surface area (Å²) in [7, 11) is 0. The largest absolute Gasteiger partial charge is 0.396 e. The third-order valence-electron chi connectivity index (χ3n) is 3.55. The van der Waals surface area contributed by atoms with Crippen LogP contribution in [0.2, 0.25) is 0 Å². The van der Waals surface area contributed by atoms with E-state index in [1.807, 2.05) is 0 Å². The Balaban J connectivity index is 1.90. The fraction of sp³-hybridized carbons (Fsp3) is 0.615. The highest BCUT2D eigenvalue weighted by Gasteiger charge is 2.16. The molecule has 0 saturated heterocycles. The zero-order valence-corrected chi connectivity index (χ0v) is 11.5. The number of rotatable bonds is 4. The Morgan fingerprint density at radius 1 is 1.30 bits per heavy atom. The van der Waals surface area contributed by atoms with Gasteiger partial charge in [-0.3, -0.25) is 14.3 Å². The summed E-state index contributed by atoms with van der Waals surface area (Å²) in [5.74, 6) is -0.805. The van der Waals surface area contributed by atoms with Crippen molar-refractivity contribution in [3.8, 4) is 0 Å². The van der Waals surface area contributed by atoms with Crippen LogP contribution in [0, 0.1) is 0 Å². The second kappa shape index (κ2) is 6.40. The zero-order valence-electron chi connectivity index (χ0n) is 11.5. The first-order valence-corrected chi connectivity index (χ1v) is 6.98. The van der Waals surface area contributed by atoms with Crippen molar-refractivity contribution in [2.75, 3.05) is 5.73 Å². The summed E-state index contributed by atoms with van der Waals surface area (Å²) in [5.41, 5.74) is 10.9. The fourth-order valence-electron chi connectivity index (χ4n) is 2.55. The number of carbonyl (C=O) groups is 2. The van der Waals surface area contributed by atoms with Crippen molar-refractivity contribution in [2.24, 2.45) is 5.73 Å². The Bertz CT molecular complexity index is 489. The molecule has 20 heavy (non-hydrogen) atoms. The van der Waals surface area contributed by atoms with Crippen LogP contribution in [0.5, 0.6) is 0 Å². The predicted molar refractivity (Wildman–Crippen MR) is 74.8 cm³/mol. The number of hydrogen-bond acceptors (Lipinski definition) is 4. The van der Waals surface area contributed by atoms with Crippen molar-refractivity contribution in [1.82, 2.24) is 15.1 Å². The summed E-state index contributed by atoms with van der Waals surface area (Å²) in [4.78, 5) is 23.0. The van der Waals surface area contributed by atoms with E-state index >= 15 is 0 Å². The number of amides is 2. The van der Waals surface area contributed by atoms with Gasteiger partial charge in [0.05, 0.1) is 5.69 Å². The lowest BCUT2D eigenvalue weighted by Crippen LogP contribution is -2.36. The van der Waals surface area contributed by atoms with E-state index in [1.54, 1.807) is 0 Å². The number of nitrogens with zero attached hydrogens (tertiary/aromatic N) is 2. The molecule has 1 aliphatic carbocycles. The van der Waals surface area contributed by atoms with E-state index in [0.29, 0.717) is 0 Å². The summed E-state index contributed by atoms with van der Waals surface area (Å²) < 4.78 is 1.35. The van der Waals surface area contributed by atoms with Gasteiger partial charge in [0.15, 0.2) is 5.69 Å². The van der Waals surface area contributed by atoms with Crippen LogP contribution in [0.15, 0.2) is 6.20 Å². The maximum atomic E-state index is 12.0. The van der Waals surface area contributed by atoms with Gasteiger partial charge in [0.2, 0.25) is 5.91 Å². The predicted octanol–water partition coefficient (Wildman–Crippen LogP) is 0.403. The molecule has 110 valence electrons. The SMILES string of the molecule is NC(=O)c1nn(CC(=O)NC2CCCCCC2)cc1N. The van der Waals surface area contributed by atoms with Gasteiger partial charge in [-0.15, -0.1) is 0 Å². The van der Waals surface area contributed by atoms with E-state index in [9.17, 15) is 9.59 Å². The third-order valence-corrected chi connectivity index (χ3v) is 3.55. The van der Waals surface area contributed by atoms with Gasteiger partial charge in [-0.25, -0.2) is 0 Å². The summed E-state index contributed by atoms with van der Waals surface area (Å²) in [6.07, 6.45) is 8.30. The van der Waals surface area contributed by atoms with Crippen molar-refractivity contribution in [3.05, 3.63) is 11.9 Å². The van der Waals surface area contributed by atoms with E-state index in [4.69, 9.17) is 11.5 Å². The summed E-state index contributed by atoms with van der Waals surface area (Å²) in [6, 6.07) is 0.244. The lowest BCUT2D eigenvalue weighted by Gasteiger charge is -2.16. The van der Waals surface area contributed by atoms with Crippen molar-refractivity contribution in [2.45, 2.75) is 51.1 Å². The summed E-state index contributed by atoms with van der Waals surface area (Å²) in [6.45, 7) is 0.0496. The van der Waals surface area contributed by atoms with Gasteiger partial charge in [-0.2, -0.15) is 5.10 Å². The number of primary amides is 1. The number of aromatic nitrogens is 2. The lowest BCUT2D eigenvalue weighted by atomic mass is 10.1. The molecule has 7 heteroatoms. The molecule has 0 spiro atoms. The Morgan fingerprint density at radius 2 is 1.95 bits per heavy atom. The van der Waals surface area contributed by atoms with Crippen LogP contribution in [0.3, 0.4) is 0 Å². The number of nitrogens with one attached hydrogen (secondary N) is 1. The zero-order chi connectivity index (χ0) is 14.5. The van der Waals surface area contributed by atoms with Crippen LogP contribution in [0.25, 0.3) is 0 Å². The van der Waals surface area contributed by atoms with Crippen LogP contribution in [0.4, 0.5) is 5.69 Å². The molecule has 7 nitrogen and oxygen atoms in total. The molecule has 0 aliphatic heterocycles. The highest BCUT2D eigenvalue weighted by molar-refractivity contribution is 5.95. The van der Waals surface area contributed by atoms with Gasteiger partial charge in [0.1, 0.15) is 6.54 Å². The Kier molecular flexibility index (Phi) is 4.60. The van der Waals surface area contributed by atoms with Crippen LogP contribution < -0.4 is 16.8 Å². The van der Waals surface area contributed by atoms with Crippen LogP contribution in [-0.4, -0.2) is 27.6 Å². The molecule has 1 saturated carbocycles. The normalized spacial score (nSPS) is 16.6. The first-order chi connectivity index (χ1) is 9.56. The molecular formula is C13H21N5O2. The molecule has 0 bridgehead atoms. The Labute approximate surface area is 117 Å². The molecule has 1 fully saturated rings. The van der Waals surface area contributed by atoms with Gasteiger partial charge in [-0.05, 0) is 12.8 Å². The molecule has 0 unspecified atom stereocenters. The number of nitrogen functional groups attached to an aromatic ring is 1. The molecule has 0 aromatic carbocycles. The second-order valence-electron chi connectivity index (χ2n) is 5.25. The van der Waals surface area contributed by atoms with Gasteiger partial charge >= 0.3 is 0 Å². The topological polar surface area (TPSA) is 116 Å². The Hall–Kier alpha value is -2.05. The molecule has 0 radical (unpaired) electrons. The smallest absolute Gasteiger partial charge is 0.271 e. The molecule has 5 N–H and O–H groups in total. The number of nitrogens with two attached hydrogens (primary N) is 2. The molecule has 2 rings (SSSR count). The maximum Gasteiger partial charge on any atom is 0.271 e. The minimum Gasteiger partial charge on any atom is -0.396 e. The van der Waals surface area contributed by atoms with E-state index in [1.165, 1.54) is 23.7 Å². The van der Waals surface area contributed by atoms with Crippen molar-refractivity contribution >= 4 is 17.5 Å². The molecule has 1 aromatic heterocycles. The van der Waals surface area contributed by atoms with Crippen LogP contribution >= 0.6 is 0 Å². The minimum atomic E-state index is -0.689. The molecule has 1 heterocycles. The van der Waals surface area contributed by atoms with Crippen molar-refractivity contribution in [1.29, 1.82) is 0 Å².